The molecule has 0 heterocycles. The Bertz CT molecular complexity index is 395. The Morgan fingerprint density at radius 1 is 1.59 bits per heavy atom. The highest BCUT2D eigenvalue weighted by atomic mass is 79.9. The van der Waals surface area contributed by atoms with E-state index in [4.69, 9.17) is 15.6 Å². The van der Waals surface area contributed by atoms with E-state index < -0.39 is 5.97 Å². The molecular weight excluding hydrogens is 286 g/mol. The summed E-state index contributed by atoms with van der Waals surface area (Å²) in [6.45, 7) is 0. The monoisotopic (exact) mass is 301 g/mol. The maximum absolute atomic E-state index is 10.4. The van der Waals surface area contributed by atoms with Crippen molar-refractivity contribution < 1.29 is 14.6 Å². The number of benzene rings is 1. The Morgan fingerprint density at radius 3 is 2.82 bits per heavy atom. The van der Waals surface area contributed by atoms with Crippen molar-refractivity contribution in [2.45, 2.75) is 25.3 Å². The molecule has 1 rings (SSSR count). The highest BCUT2D eigenvalue weighted by Gasteiger charge is 2.08. The van der Waals surface area contributed by atoms with Gasteiger partial charge in [-0.15, -0.1) is 0 Å². The van der Waals surface area contributed by atoms with Crippen LogP contribution in [0.15, 0.2) is 22.7 Å². The second kappa shape index (κ2) is 6.61. The molecule has 1 unspecified atom stereocenters. The molecule has 0 amide bonds. The second-order valence-electron chi connectivity index (χ2n) is 3.87. The Hall–Kier alpha value is -1.07. The van der Waals surface area contributed by atoms with E-state index >= 15 is 0 Å². The van der Waals surface area contributed by atoms with Crippen LogP contribution < -0.4 is 10.5 Å². The van der Waals surface area contributed by atoms with E-state index in [2.05, 4.69) is 15.9 Å². The molecule has 3 N–H and O–H groups in total. The SMILES string of the molecule is COc1ccc(CC(N)CCC(=O)O)cc1Br. The third-order valence-electron chi connectivity index (χ3n) is 2.44. The number of carboxylic acids is 1. The topological polar surface area (TPSA) is 72.5 Å². The van der Waals surface area contributed by atoms with E-state index in [1.165, 1.54) is 0 Å². The Balaban J connectivity index is 2.56. The van der Waals surface area contributed by atoms with Gasteiger partial charge in [0.15, 0.2) is 0 Å². The van der Waals surface area contributed by atoms with Crippen LogP contribution in [0.5, 0.6) is 5.75 Å². The van der Waals surface area contributed by atoms with E-state index in [1.807, 2.05) is 18.2 Å². The van der Waals surface area contributed by atoms with Crippen molar-refractivity contribution in [3.8, 4) is 5.75 Å². The van der Waals surface area contributed by atoms with Crippen molar-refractivity contribution >= 4 is 21.9 Å². The number of carbonyl (C=O) groups is 1. The van der Waals surface area contributed by atoms with Crippen LogP contribution in [0.25, 0.3) is 0 Å². The summed E-state index contributed by atoms with van der Waals surface area (Å²) in [5.41, 5.74) is 6.93. The van der Waals surface area contributed by atoms with Crippen LogP contribution in [0.1, 0.15) is 18.4 Å². The summed E-state index contributed by atoms with van der Waals surface area (Å²) in [5, 5.41) is 8.56. The zero-order valence-corrected chi connectivity index (χ0v) is 11.2. The number of carboxylic acid groups (broad SMARTS) is 1. The molecule has 17 heavy (non-hydrogen) atoms. The van der Waals surface area contributed by atoms with Gasteiger partial charge < -0.3 is 15.6 Å². The van der Waals surface area contributed by atoms with Crippen molar-refractivity contribution in [3.05, 3.63) is 28.2 Å². The van der Waals surface area contributed by atoms with Crippen LogP contribution in [0.3, 0.4) is 0 Å². The molecule has 0 aliphatic carbocycles. The van der Waals surface area contributed by atoms with Gasteiger partial charge in [0.05, 0.1) is 11.6 Å². The van der Waals surface area contributed by atoms with E-state index in [-0.39, 0.29) is 12.5 Å². The van der Waals surface area contributed by atoms with Gasteiger partial charge in [0, 0.05) is 12.5 Å². The first kappa shape index (κ1) is 14.0. The van der Waals surface area contributed by atoms with E-state index in [0.717, 1.165) is 15.8 Å². The van der Waals surface area contributed by atoms with Gasteiger partial charge in [-0.2, -0.15) is 0 Å². The summed E-state index contributed by atoms with van der Waals surface area (Å²) < 4.78 is 6.01. The molecular formula is C12H16BrNO3. The molecule has 0 spiro atoms. The van der Waals surface area contributed by atoms with Gasteiger partial charge in [0.1, 0.15) is 5.75 Å². The van der Waals surface area contributed by atoms with Gasteiger partial charge in [0.25, 0.3) is 0 Å². The largest absolute Gasteiger partial charge is 0.496 e. The molecule has 1 aromatic carbocycles. The summed E-state index contributed by atoms with van der Waals surface area (Å²) in [6.07, 6.45) is 1.26. The summed E-state index contributed by atoms with van der Waals surface area (Å²) >= 11 is 3.40. The zero-order chi connectivity index (χ0) is 12.8. The van der Waals surface area contributed by atoms with Crippen molar-refractivity contribution in [2.24, 2.45) is 5.73 Å². The number of hydrogen-bond acceptors (Lipinski definition) is 3. The lowest BCUT2D eigenvalue weighted by Crippen LogP contribution is -2.23. The molecule has 0 aliphatic rings. The van der Waals surface area contributed by atoms with Gasteiger partial charge in [-0.3, -0.25) is 4.79 Å². The Labute approximate surface area is 109 Å². The first-order valence-electron chi connectivity index (χ1n) is 5.32. The molecule has 1 aromatic rings. The minimum Gasteiger partial charge on any atom is -0.496 e. The lowest BCUT2D eigenvalue weighted by molar-refractivity contribution is -0.137. The first-order valence-corrected chi connectivity index (χ1v) is 6.12. The van der Waals surface area contributed by atoms with Gasteiger partial charge >= 0.3 is 5.97 Å². The minimum atomic E-state index is -0.809. The molecule has 0 aliphatic heterocycles. The second-order valence-corrected chi connectivity index (χ2v) is 4.72. The maximum atomic E-state index is 10.4. The average Bonchev–Trinajstić information content (AvgIpc) is 2.26. The smallest absolute Gasteiger partial charge is 0.303 e. The summed E-state index contributed by atoms with van der Waals surface area (Å²) in [6, 6.07) is 5.61. The standard InChI is InChI=1S/C12H16BrNO3/c1-17-11-4-2-8(7-10(11)13)6-9(14)3-5-12(15)16/h2,4,7,9H,3,5-6,14H2,1H3,(H,15,16). The lowest BCUT2D eigenvalue weighted by atomic mass is 10.0. The van der Waals surface area contributed by atoms with Crippen molar-refractivity contribution in [2.75, 3.05) is 7.11 Å². The number of nitrogens with two attached hydrogens (primary N) is 1. The van der Waals surface area contributed by atoms with Gasteiger partial charge in [0.2, 0.25) is 0 Å². The van der Waals surface area contributed by atoms with Crippen LogP contribution in [-0.2, 0) is 11.2 Å². The fraction of sp³-hybridized carbons (Fsp3) is 0.417. The van der Waals surface area contributed by atoms with Gasteiger partial charge in [-0.05, 0) is 46.5 Å². The van der Waals surface area contributed by atoms with E-state index in [9.17, 15) is 4.79 Å². The predicted octanol–water partition coefficient (Wildman–Crippen LogP) is 2.19. The maximum Gasteiger partial charge on any atom is 0.303 e. The van der Waals surface area contributed by atoms with Crippen molar-refractivity contribution in [1.29, 1.82) is 0 Å². The van der Waals surface area contributed by atoms with E-state index in [0.29, 0.717) is 12.8 Å². The number of halogens is 1. The summed E-state index contributed by atoms with van der Waals surface area (Å²) in [5.74, 6) is -0.0378. The molecule has 1 atom stereocenters. The Kier molecular flexibility index (Phi) is 5.44. The third-order valence-corrected chi connectivity index (χ3v) is 3.06. The molecule has 0 saturated heterocycles. The molecule has 0 fully saturated rings. The summed E-state index contributed by atoms with van der Waals surface area (Å²) in [4.78, 5) is 10.4. The van der Waals surface area contributed by atoms with Crippen LogP contribution in [-0.4, -0.2) is 24.2 Å². The number of aliphatic carboxylic acids is 1. The van der Waals surface area contributed by atoms with E-state index in [1.54, 1.807) is 7.11 Å². The fourth-order valence-electron chi connectivity index (χ4n) is 1.55. The number of hydrogen-bond donors (Lipinski definition) is 2. The van der Waals surface area contributed by atoms with Gasteiger partial charge in [-0.1, -0.05) is 6.07 Å². The molecule has 4 nitrogen and oxygen atoms in total. The molecule has 5 heteroatoms. The molecule has 94 valence electrons. The molecule has 0 bridgehead atoms. The summed E-state index contributed by atoms with van der Waals surface area (Å²) in [7, 11) is 1.61. The Morgan fingerprint density at radius 2 is 2.29 bits per heavy atom. The van der Waals surface area contributed by atoms with Crippen LogP contribution >= 0.6 is 15.9 Å². The minimum absolute atomic E-state index is 0.110. The first-order chi connectivity index (χ1) is 8.02. The number of rotatable bonds is 6. The predicted molar refractivity (Wildman–Crippen MR) is 69.2 cm³/mol. The van der Waals surface area contributed by atoms with Crippen LogP contribution in [0.4, 0.5) is 0 Å². The highest BCUT2D eigenvalue weighted by Crippen LogP contribution is 2.26. The van der Waals surface area contributed by atoms with Crippen LogP contribution in [0.2, 0.25) is 0 Å². The van der Waals surface area contributed by atoms with Crippen molar-refractivity contribution in [1.82, 2.24) is 0 Å². The molecule has 0 radical (unpaired) electrons. The molecule has 0 saturated carbocycles. The number of methoxy groups -OCH3 is 1. The lowest BCUT2D eigenvalue weighted by Gasteiger charge is -2.11. The quantitative estimate of drug-likeness (QED) is 0.845. The number of ether oxygens (including phenoxy) is 1. The average molecular weight is 302 g/mol. The van der Waals surface area contributed by atoms with Crippen molar-refractivity contribution in [3.63, 3.8) is 0 Å². The highest BCUT2D eigenvalue weighted by molar-refractivity contribution is 9.10. The zero-order valence-electron chi connectivity index (χ0n) is 9.65. The fourth-order valence-corrected chi connectivity index (χ4v) is 2.14. The normalized spacial score (nSPS) is 12.2. The van der Waals surface area contributed by atoms with Crippen LogP contribution in [0, 0.1) is 0 Å². The molecule has 0 aromatic heterocycles. The van der Waals surface area contributed by atoms with Gasteiger partial charge in [-0.25, -0.2) is 0 Å². The third kappa shape index (κ3) is 4.75.